The van der Waals surface area contributed by atoms with E-state index in [0.29, 0.717) is 11.2 Å². The Hall–Kier alpha value is -2.29. The summed E-state index contributed by atoms with van der Waals surface area (Å²) in [5, 5.41) is 6.38. The number of nitrogens with one attached hydrogen (secondary N) is 1. The number of nitrogens with zero attached hydrogens (tertiary/aromatic N) is 3. The van der Waals surface area contributed by atoms with E-state index in [1.807, 2.05) is 19.1 Å². The van der Waals surface area contributed by atoms with Gasteiger partial charge in [0.05, 0.1) is 17.8 Å². The Bertz CT molecular complexity index is 747. The molecule has 0 saturated carbocycles. The molecule has 0 bridgehead atoms. The van der Waals surface area contributed by atoms with Crippen molar-refractivity contribution in [3.05, 3.63) is 41.6 Å². The quantitative estimate of drug-likeness (QED) is 0.849. The van der Waals surface area contributed by atoms with E-state index in [2.05, 4.69) is 15.3 Å². The summed E-state index contributed by atoms with van der Waals surface area (Å²) in [6.07, 6.45) is 0.0498. The van der Waals surface area contributed by atoms with Crippen LogP contribution in [0.15, 0.2) is 28.9 Å². The maximum atomic E-state index is 12.4. The fourth-order valence-corrected chi connectivity index (χ4v) is 3.14. The highest BCUT2D eigenvalue weighted by molar-refractivity contribution is 5.93. The van der Waals surface area contributed by atoms with Crippen molar-refractivity contribution in [2.24, 2.45) is 0 Å². The molecule has 3 heterocycles. The number of amides is 1. The molecule has 2 aromatic heterocycles. The number of alkyl halides is 3. The van der Waals surface area contributed by atoms with E-state index >= 15 is 0 Å². The molecule has 0 aliphatic carbocycles. The van der Waals surface area contributed by atoms with Gasteiger partial charge in [0.1, 0.15) is 18.1 Å². The van der Waals surface area contributed by atoms with Gasteiger partial charge in [-0.1, -0.05) is 0 Å². The lowest BCUT2D eigenvalue weighted by Gasteiger charge is -2.26. The first kappa shape index (κ1) is 18.5. The van der Waals surface area contributed by atoms with Gasteiger partial charge in [-0.25, -0.2) is 0 Å². The Morgan fingerprint density at radius 2 is 2.08 bits per heavy atom. The first-order valence-electron chi connectivity index (χ1n) is 8.49. The number of halogens is 3. The van der Waals surface area contributed by atoms with Crippen LogP contribution in [0, 0.1) is 6.92 Å². The fourth-order valence-electron chi connectivity index (χ4n) is 3.14. The maximum absolute atomic E-state index is 12.4. The lowest BCUT2D eigenvalue weighted by atomic mass is 10.2. The third kappa shape index (κ3) is 4.66. The number of carbonyl (C=O) groups excluding carboxylic acids is 1. The second-order valence-electron chi connectivity index (χ2n) is 6.46. The van der Waals surface area contributed by atoms with Crippen LogP contribution in [0.25, 0.3) is 0 Å². The third-order valence-electron chi connectivity index (χ3n) is 4.36. The van der Waals surface area contributed by atoms with Crippen LogP contribution in [-0.4, -0.2) is 46.4 Å². The summed E-state index contributed by atoms with van der Waals surface area (Å²) in [4.78, 5) is 14.5. The van der Waals surface area contributed by atoms with Gasteiger partial charge < -0.3 is 9.73 Å². The average Bonchev–Trinajstić information content (AvgIpc) is 3.28. The Kier molecular flexibility index (Phi) is 5.36. The molecule has 26 heavy (non-hydrogen) atoms. The molecule has 0 aromatic carbocycles. The molecule has 1 N–H and O–H groups in total. The maximum Gasteiger partial charge on any atom is 0.408 e. The van der Waals surface area contributed by atoms with E-state index < -0.39 is 18.6 Å². The molecule has 1 aliphatic rings. The van der Waals surface area contributed by atoms with Crippen molar-refractivity contribution in [1.29, 1.82) is 0 Å². The molecule has 2 aromatic rings. The smallest absolute Gasteiger partial charge is 0.408 e. The number of rotatable bonds is 6. The van der Waals surface area contributed by atoms with Crippen LogP contribution < -0.4 is 5.32 Å². The standard InChI is InChI=1S/C17H21F3N4O2/c1-12-4-5-15(26-12)14(23-6-2-3-7-23)9-21-16(25)13-8-22-24(10-13)11-17(18,19)20/h4-5,8,10,14H,2-3,6-7,9,11H2,1H3,(H,21,25)/t14-/m0/s1. The highest BCUT2D eigenvalue weighted by Gasteiger charge is 2.29. The van der Waals surface area contributed by atoms with Crippen LogP contribution in [0.4, 0.5) is 13.2 Å². The van der Waals surface area contributed by atoms with E-state index in [1.165, 1.54) is 0 Å². The normalized spacial score (nSPS) is 16.8. The van der Waals surface area contributed by atoms with Crippen molar-refractivity contribution in [1.82, 2.24) is 20.0 Å². The molecule has 1 aliphatic heterocycles. The molecule has 1 amide bonds. The van der Waals surface area contributed by atoms with Gasteiger partial charge in [-0.2, -0.15) is 18.3 Å². The molecular weight excluding hydrogens is 349 g/mol. The van der Waals surface area contributed by atoms with E-state index in [-0.39, 0.29) is 11.6 Å². The molecule has 0 spiro atoms. The summed E-state index contributed by atoms with van der Waals surface area (Å²) in [5.41, 5.74) is 0.102. The minimum Gasteiger partial charge on any atom is -0.465 e. The zero-order valence-corrected chi connectivity index (χ0v) is 14.4. The molecule has 142 valence electrons. The van der Waals surface area contributed by atoms with Gasteiger partial charge in [0.2, 0.25) is 0 Å². The van der Waals surface area contributed by atoms with Gasteiger partial charge in [-0.05, 0) is 45.0 Å². The van der Waals surface area contributed by atoms with Crippen LogP contribution in [0.1, 0.15) is 40.8 Å². The number of aryl methyl sites for hydroxylation is 1. The fraction of sp³-hybridized carbons (Fsp3) is 0.529. The predicted octanol–water partition coefficient (Wildman–Crippen LogP) is 2.91. The zero-order valence-electron chi connectivity index (χ0n) is 14.4. The van der Waals surface area contributed by atoms with E-state index in [0.717, 1.165) is 49.8 Å². The van der Waals surface area contributed by atoms with Crippen molar-refractivity contribution in [3.8, 4) is 0 Å². The van der Waals surface area contributed by atoms with Crippen molar-refractivity contribution in [3.63, 3.8) is 0 Å². The SMILES string of the molecule is Cc1ccc([C@H](CNC(=O)c2cnn(CC(F)(F)F)c2)N2CCCC2)o1. The van der Waals surface area contributed by atoms with Gasteiger partial charge in [0, 0.05) is 12.7 Å². The van der Waals surface area contributed by atoms with Gasteiger partial charge in [0.15, 0.2) is 0 Å². The summed E-state index contributed by atoms with van der Waals surface area (Å²) >= 11 is 0. The number of carbonyl (C=O) groups is 1. The summed E-state index contributed by atoms with van der Waals surface area (Å²) < 4.78 is 43.6. The van der Waals surface area contributed by atoms with Gasteiger partial charge >= 0.3 is 6.18 Å². The molecule has 1 saturated heterocycles. The molecule has 0 radical (unpaired) electrons. The van der Waals surface area contributed by atoms with E-state index in [4.69, 9.17) is 4.42 Å². The van der Waals surface area contributed by atoms with Crippen LogP contribution in [-0.2, 0) is 6.54 Å². The van der Waals surface area contributed by atoms with Crippen LogP contribution in [0.5, 0.6) is 0 Å². The second-order valence-corrected chi connectivity index (χ2v) is 6.46. The van der Waals surface area contributed by atoms with Crippen LogP contribution in [0.3, 0.4) is 0 Å². The summed E-state index contributed by atoms with van der Waals surface area (Å²) in [6, 6.07) is 3.67. The monoisotopic (exact) mass is 370 g/mol. The molecular formula is C17H21F3N4O2. The second kappa shape index (κ2) is 7.53. The van der Waals surface area contributed by atoms with Crippen LogP contribution >= 0.6 is 0 Å². The highest BCUT2D eigenvalue weighted by atomic mass is 19.4. The zero-order chi connectivity index (χ0) is 18.7. The Morgan fingerprint density at radius 1 is 1.35 bits per heavy atom. The first-order chi connectivity index (χ1) is 12.3. The number of likely N-dealkylation sites (tertiary alicyclic amines) is 1. The Balaban J connectivity index is 1.64. The van der Waals surface area contributed by atoms with E-state index in [9.17, 15) is 18.0 Å². The van der Waals surface area contributed by atoms with Crippen molar-refractivity contribution in [2.75, 3.05) is 19.6 Å². The van der Waals surface area contributed by atoms with Crippen LogP contribution in [0.2, 0.25) is 0 Å². The molecule has 1 fully saturated rings. The number of furan rings is 1. The topological polar surface area (TPSA) is 63.3 Å². The molecule has 3 rings (SSSR count). The molecule has 0 unspecified atom stereocenters. The number of aromatic nitrogens is 2. The lowest BCUT2D eigenvalue weighted by Crippen LogP contribution is -2.36. The summed E-state index contributed by atoms with van der Waals surface area (Å²) in [6.45, 7) is 2.80. The minimum atomic E-state index is -4.38. The minimum absolute atomic E-state index is 0.0969. The molecule has 6 nitrogen and oxygen atoms in total. The van der Waals surface area contributed by atoms with Gasteiger partial charge in [0.25, 0.3) is 5.91 Å². The van der Waals surface area contributed by atoms with Crippen molar-refractivity contribution >= 4 is 5.91 Å². The first-order valence-corrected chi connectivity index (χ1v) is 8.49. The Morgan fingerprint density at radius 3 is 2.69 bits per heavy atom. The Labute approximate surface area is 149 Å². The largest absolute Gasteiger partial charge is 0.465 e. The summed E-state index contributed by atoms with van der Waals surface area (Å²) in [7, 11) is 0. The average molecular weight is 370 g/mol. The highest BCUT2D eigenvalue weighted by Crippen LogP contribution is 2.26. The third-order valence-corrected chi connectivity index (χ3v) is 4.36. The number of hydrogen-bond acceptors (Lipinski definition) is 4. The predicted molar refractivity (Wildman–Crippen MR) is 87.6 cm³/mol. The number of hydrogen-bond donors (Lipinski definition) is 1. The van der Waals surface area contributed by atoms with Crippen molar-refractivity contribution < 1.29 is 22.4 Å². The van der Waals surface area contributed by atoms with Crippen molar-refractivity contribution in [2.45, 2.75) is 38.5 Å². The van der Waals surface area contributed by atoms with Gasteiger partial charge in [-0.3, -0.25) is 14.4 Å². The van der Waals surface area contributed by atoms with Gasteiger partial charge in [-0.15, -0.1) is 0 Å². The summed E-state index contributed by atoms with van der Waals surface area (Å²) in [5.74, 6) is 1.12. The van der Waals surface area contributed by atoms with E-state index in [1.54, 1.807) is 0 Å². The molecule has 1 atom stereocenters. The lowest BCUT2D eigenvalue weighted by molar-refractivity contribution is -0.142. The molecule has 9 heteroatoms.